The minimum absolute atomic E-state index is 0.117. The Balaban J connectivity index is 4.86. The lowest BCUT2D eigenvalue weighted by atomic mass is 9.75. The number of carboxylic acids is 1. The monoisotopic (exact) mass is 280 g/mol. The van der Waals surface area contributed by atoms with E-state index in [2.05, 4.69) is 39.8 Å². The van der Waals surface area contributed by atoms with Crippen LogP contribution in [0.1, 0.15) is 73.6 Å². The van der Waals surface area contributed by atoms with E-state index in [1.807, 2.05) is 13.8 Å². The Labute approximate surface area is 125 Å². The molecule has 0 saturated heterocycles. The van der Waals surface area contributed by atoms with Crippen molar-refractivity contribution < 1.29 is 9.90 Å². The summed E-state index contributed by atoms with van der Waals surface area (Å²) in [5, 5.41) is 9.43. The second-order valence-corrected chi connectivity index (χ2v) is 6.61. The second kappa shape index (κ2) is 8.99. The number of hydrogen-bond acceptors (Lipinski definition) is 1. The summed E-state index contributed by atoms with van der Waals surface area (Å²) in [7, 11) is 0. The van der Waals surface area contributed by atoms with Gasteiger partial charge in [0.15, 0.2) is 0 Å². The van der Waals surface area contributed by atoms with Gasteiger partial charge in [0.25, 0.3) is 0 Å². The molecule has 0 heterocycles. The number of unbranched alkanes of at least 4 members (excludes halogenated alkanes) is 1. The molecule has 1 unspecified atom stereocenters. The van der Waals surface area contributed by atoms with Crippen molar-refractivity contribution in [3.8, 4) is 0 Å². The van der Waals surface area contributed by atoms with E-state index >= 15 is 0 Å². The van der Waals surface area contributed by atoms with E-state index in [0.29, 0.717) is 0 Å². The largest absolute Gasteiger partial charge is 0.481 e. The number of aliphatic carboxylic acids is 1. The summed E-state index contributed by atoms with van der Waals surface area (Å²) < 4.78 is 0. The van der Waals surface area contributed by atoms with Gasteiger partial charge in [-0.25, -0.2) is 0 Å². The lowest BCUT2D eigenvalue weighted by Gasteiger charge is -2.28. The average Bonchev–Trinajstić information content (AvgIpc) is 2.33. The summed E-state index contributed by atoms with van der Waals surface area (Å²) in [6, 6.07) is 0. The summed E-state index contributed by atoms with van der Waals surface area (Å²) in [5.41, 5.74) is 1.96. The van der Waals surface area contributed by atoms with Crippen LogP contribution in [0.5, 0.6) is 0 Å². The lowest BCUT2D eigenvalue weighted by molar-refractivity contribution is -0.149. The zero-order valence-corrected chi connectivity index (χ0v) is 14.1. The van der Waals surface area contributed by atoms with Crippen molar-refractivity contribution in [1.29, 1.82) is 0 Å². The molecule has 0 radical (unpaired) electrons. The molecule has 2 nitrogen and oxygen atoms in total. The fraction of sp³-hybridized carbons (Fsp3) is 0.722. The third-order valence-electron chi connectivity index (χ3n) is 3.92. The molecule has 0 amide bonds. The summed E-state index contributed by atoms with van der Waals surface area (Å²) in [6.07, 6.45) is 9.64. The van der Waals surface area contributed by atoms with Crippen molar-refractivity contribution in [2.45, 2.75) is 73.6 Å². The van der Waals surface area contributed by atoms with E-state index in [1.54, 1.807) is 0 Å². The van der Waals surface area contributed by atoms with Crippen molar-refractivity contribution in [1.82, 2.24) is 0 Å². The molecule has 0 rings (SSSR count). The quantitative estimate of drug-likeness (QED) is 0.558. The van der Waals surface area contributed by atoms with Gasteiger partial charge in [0, 0.05) is 0 Å². The molecule has 116 valence electrons. The first-order chi connectivity index (χ1) is 9.21. The van der Waals surface area contributed by atoms with Gasteiger partial charge in [-0.2, -0.15) is 0 Å². The van der Waals surface area contributed by atoms with Crippen molar-refractivity contribution in [2.75, 3.05) is 0 Å². The molecule has 0 aliphatic carbocycles. The molecule has 0 bridgehead atoms. The van der Waals surface area contributed by atoms with E-state index < -0.39 is 11.4 Å². The van der Waals surface area contributed by atoms with Crippen LogP contribution in [0.15, 0.2) is 23.3 Å². The van der Waals surface area contributed by atoms with Gasteiger partial charge in [0.05, 0.1) is 5.41 Å². The Bertz CT molecular complexity index is 358. The van der Waals surface area contributed by atoms with Gasteiger partial charge in [0.2, 0.25) is 0 Å². The highest BCUT2D eigenvalue weighted by Crippen LogP contribution is 2.33. The smallest absolute Gasteiger partial charge is 0.309 e. The normalized spacial score (nSPS) is 14.0. The number of carbonyl (C=O) groups is 1. The Morgan fingerprint density at radius 1 is 1.25 bits per heavy atom. The first-order valence-corrected chi connectivity index (χ1v) is 7.75. The van der Waals surface area contributed by atoms with E-state index in [-0.39, 0.29) is 5.92 Å². The molecular formula is C18H32O2. The Kier molecular flexibility index (Phi) is 8.52. The van der Waals surface area contributed by atoms with E-state index in [0.717, 1.165) is 32.1 Å². The van der Waals surface area contributed by atoms with Gasteiger partial charge in [-0.3, -0.25) is 4.79 Å². The maximum absolute atomic E-state index is 11.5. The molecule has 0 aromatic heterocycles. The third-order valence-corrected chi connectivity index (χ3v) is 3.92. The van der Waals surface area contributed by atoms with Gasteiger partial charge in [-0.1, -0.05) is 43.1 Å². The Morgan fingerprint density at radius 2 is 1.85 bits per heavy atom. The molecule has 0 aliphatic heterocycles. The van der Waals surface area contributed by atoms with Gasteiger partial charge in [-0.15, -0.1) is 0 Å². The molecule has 2 heteroatoms. The van der Waals surface area contributed by atoms with E-state index in [9.17, 15) is 9.90 Å². The number of carboxylic acid groups (broad SMARTS) is 1. The minimum Gasteiger partial charge on any atom is -0.481 e. The van der Waals surface area contributed by atoms with Crippen molar-refractivity contribution >= 4 is 5.97 Å². The maximum atomic E-state index is 11.5. The molecule has 1 atom stereocenters. The van der Waals surface area contributed by atoms with Crippen LogP contribution < -0.4 is 0 Å². The SMILES string of the molecule is CCCCC(/C=C(\C)CCC=C(C)C)C(C)(C)C(=O)O. The van der Waals surface area contributed by atoms with Gasteiger partial charge < -0.3 is 5.11 Å². The zero-order valence-electron chi connectivity index (χ0n) is 14.1. The van der Waals surface area contributed by atoms with Crippen LogP contribution >= 0.6 is 0 Å². The van der Waals surface area contributed by atoms with Crippen LogP contribution in [0.4, 0.5) is 0 Å². The summed E-state index contributed by atoms with van der Waals surface area (Å²) in [4.78, 5) is 11.5. The molecule has 1 N–H and O–H groups in total. The summed E-state index contributed by atoms with van der Waals surface area (Å²) in [5.74, 6) is -0.585. The molecule has 0 aromatic rings. The number of allylic oxidation sites excluding steroid dienone is 4. The van der Waals surface area contributed by atoms with Gasteiger partial charge in [-0.05, 0) is 59.8 Å². The predicted octanol–water partition coefficient (Wildman–Crippen LogP) is 5.60. The van der Waals surface area contributed by atoms with E-state index in [4.69, 9.17) is 0 Å². The highest BCUT2D eigenvalue weighted by molar-refractivity contribution is 5.74. The van der Waals surface area contributed by atoms with Crippen LogP contribution in [0.25, 0.3) is 0 Å². The molecule has 0 saturated carbocycles. The summed E-state index contributed by atoms with van der Waals surface area (Å²) >= 11 is 0. The first kappa shape index (κ1) is 18.9. The van der Waals surface area contributed by atoms with Crippen molar-refractivity contribution in [3.05, 3.63) is 23.3 Å². The molecule has 0 aromatic carbocycles. The van der Waals surface area contributed by atoms with Crippen molar-refractivity contribution in [3.63, 3.8) is 0 Å². The Hall–Kier alpha value is -1.05. The second-order valence-electron chi connectivity index (χ2n) is 6.61. The molecular weight excluding hydrogens is 248 g/mol. The zero-order chi connectivity index (χ0) is 15.8. The van der Waals surface area contributed by atoms with Crippen LogP contribution in [-0.2, 0) is 4.79 Å². The highest BCUT2D eigenvalue weighted by atomic mass is 16.4. The van der Waals surface area contributed by atoms with Crippen LogP contribution in [0.3, 0.4) is 0 Å². The first-order valence-electron chi connectivity index (χ1n) is 7.75. The molecule has 0 spiro atoms. The van der Waals surface area contributed by atoms with Crippen LogP contribution in [0, 0.1) is 11.3 Å². The Morgan fingerprint density at radius 3 is 2.30 bits per heavy atom. The standard InChI is InChI=1S/C18H32O2/c1-7-8-12-16(18(5,6)17(19)20)13-15(4)11-9-10-14(2)3/h10,13,16H,7-9,11-12H2,1-6H3,(H,19,20)/b15-13+. The number of hydrogen-bond donors (Lipinski definition) is 1. The number of rotatable bonds is 9. The minimum atomic E-state index is -0.702. The highest BCUT2D eigenvalue weighted by Gasteiger charge is 2.34. The predicted molar refractivity (Wildman–Crippen MR) is 86.9 cm³/mol. The van der Waals surface area contributed by atoms with E-state index in [1.165, 1.54) is 11.1 Å². The third kappa shape index (κ3) is 6.93. The lowest BCUT2D eigenvalue weighted by Crippen LogP contribution is -2.32. The fourth-order valence-corrected chi connectivity index (χ4v) is 2.25. The van der Waals surface area contributed by atoms with Crippen molar-refractivity contribution in [2.24, 2.45) is 11.3 Å². The molecule has 0 aliphatic rings. The summed E-state index contributed by atoms with van der Waals surface area (Å²) in [6.45, 7) is 12.2. The van der Waals surface area contributed by atoms with Crippen LogP contribution in [0.2, 0.25) is 0 Å². The fourth-order valence-electron chi connectivity index (χ4n) is 2.25. The molecule has 20 heavy (non-hydrogen) atoms. The topological polar surface area (TPSA) is 37.3 Å². The average molecular weight is 280 g/mol. The van der Waals surface area contributed by atoms with Gasteiger partial charge in [0.1, 0.15) is 0 Å². The molecule has 0 fully saturated rings. The van der Waals surface area contributed by atoms with Crippen LogP contribution in [-0.4, -0.2) is 11.1 Å². The maximum Gasteiger partial charge on any atom is 0.309 e. The van der Waals surface area contributed by atoms with Gasteiger partial charge >= 0.3 is 5.97 Å².